The zero-order valence-electron chi connectivity index (χ0n) is 8.44. The van der Waals surface area contributed by atoms with Gasteiger partial charge in [-0.3, -0.25) is 0 Å². The second kappa shape index (κ2) is 3.96. The molecule has 15 heavy (non-hydrogen) atoms. The van der Waals surface area contributed by atoms with E-state index in [4.69, 9.17) is 4.74 Å². The van der Waals surface area contributed by atoms with Gasteiger partial charge in [-0.15, -0.1) is 0 Å². The fourth-order valence-electron chi connectivity index (χ4n) is 1.43. The molecule has 0 N–H and O–H groups in total. The number of carbonyl (C=O) groups excluding carboxylic acids is 1. The summed E-state index contributed by atoms with van der Waals surface area (Å²) < 4.78 is 17.7. The number of hydrogen-bond acceptors (Lipinski definition) is 3. The molecule has 0 saturated heterocycles. The van der Waals surface area contributed by atoms with Crippen LogP contribution in [0.1, 0.15) is 23.7 Å². The molecule has 1 heterocycles. The lowest BCUT2D eigenvalue weighted by atomic mass is 10.3. The lowest BCUT2D eigenvalue weighted by Crippen LogP contribution is -2.08. The van der Waals surface area contributed by atoms with E-state index in [1.54, 1.807) is 0 Å². The normalized spacial score (nSPS) is 23.6. The van der Waals surface area contributed by atoms with E-state index in [0.717, 1.165) is 12.5 Å². The molecular formula is C11H12FNO2. The Morgan fingerprint density at radius 2 is 2.47 bits per heavy atom. The summed E-state index contributed by atoms with van der Waals surface area (Å²) in [6.45, 7) is 2.55. The van der Waals surface area contributed by atoms with E-state index in [9.17, 15) is 9.18 Å². The smallest absolute Gasteiger partial charge is 0.338 e. The van der Waals surface area contributed by atoms with Crippen molar-refractivity contribution in [2.24, 2.45) is 11.8 Å². The summed E-state index contributed by atoms with van der Waals surface area (Å²) in [6, 6.07) is 2.53. The predicted molar refractivity (Wildman–Crippen MR) is 51.7 cm³/mol. The molecule has 1 fully saturated rings. The Hall–Kier alpha value is -1.45. The van der Waals surface area contributed by atoms with Gasteiger partial charge in [0, 0.05) is 12.3 Å². The average molecular weight is 209 g/mol. The molecule has 1 aliphatic rings. The largest absolute Gasteiger partial charge is 0.462 e. The van der Waals surface area contributed by atoms with Crippen molar-refractivity contribution in [3.8, 4) is 0 Å². The van der Waals surface area contributed by atoms with E-state index in [2.05, 4.69) is 11.9 Å². The Morgan fingerprint density at radius 3 is 3.07 bits per heavy atom. The first-order valence-corrected chi connectivity index (χ1v) is 4.95. The van der Waals surface area contributed by atoms with Crippen LogP contribution < -0.4 is 0 Å². The first-order valence-electron chi connectivity index (χ1n) is 4.95. The van der Waals surface area contributed by atoms with Gasteiger partial charge in [0.05, 0.1) is 12.2 Å². The average Bonchev–Trinajstić information content (AvgIpc) is 2.91. The number of carbonyl (C=O) groups is 1. The Bertz CT molecular complexity index is 381. The summed E-state index contributed by atoms with van der Waals surface area (Å²) in [5.41, 5.74) is 0.218. The highest BCUT2D eigenvalue weighted by atomic mass is 19.1. The molecular weight excluding hydrogens is 197 g/mol. The summed E-state index contributed by atoms with van der Waals surface area (Å²) >= 11 is 0. The van der Waals surface area contributed by atoms with E-state index >= 15 is 0 Å². The molecule has 80 valence electrons. The minimum atomic E-state index is -0.663. The summed E-state index contributed by atoms with van der Waals surface area (Å²) in [4.78, 5) is 14.8. The van der Waals surface area contributed by atoms with Gasteiger partial charge in [0.25, 0.3) is 0 Å². The zero-order valence-corrected chi connectivity index (χ0v) is 8.44. The van der Waals surface area contributed by atoms with E-state index in [0.29, 0.717) is 18.4 Å². The maximum atomic E-state index is 12.7. The Balaban J connectivity index is 1.90. The molecule has 0 bridgehead atoms. The van der Waals surface area contributed by atoms with Crippen molar-refractivity contribution in [1.82, 2.24) is 4.98 Å². The van der Waals surface area contributed by atoms with Gasteiger partial charge >= 0.3 is 5.97 Å². The maximum absolute atomic E-state index is 12.7. The van der Waals surface area contributed by atoms with Crippen LogP contribution >= 0.6 is 0 Å². The van der Waals surface area contributed by atoms with Gasteiger partial charge in [-0.2, -0.15) is 4.39 Å². The fourth-order valence-corrected chi connectivity index (χ4v) is 1.43. The first kappa shape index (κ1) is 10.1. The second-order valence-electron chi connectivity index (χ2n) is 3.94. The highest BCUT2D eigenvalue weighted by Gasteiger charge is 2.33. The Labute approximate surface area is 87.3 Å². The van der Waals surface area contributed by atoms with Crippen molar-refractivity contribution in [3.05, 3.63) is 29.8 Å². The molecule has 1 aromatic heterocycles. The third-order valence-electron chi connectivity index (χ3n) is 2.67. The number of aromatic nitrogens is 1. The number of halogens is 1. The van der Waals surface area contributed by atoms with E-state index in [-0.39, 0.29) is 5.56 Å². The van der Waals surface area contributed by atoms with Crippen LogP contribution in [0.15, 0.2) is 18.3 Å². The van der Waals surface area contributed by atoms with Gasteiger partial charge in [-0.25, -0.2) is 9.78 Å². The van der Waals surface area contributed by atoms with E-state index in [1.165, 1.54) is 12.3 Å². The van der Waals surface area contributed by atoms with Crippen LogP contribution in [-0.4, -0.2) is 17.6 Å². The first-order chi connectivity index (χ1) is 7.16. The Morgan fingerprint density at radius 1 is 1.73 bits per heavy atom. The minimum absolute atomic E-state index is 0.218. The lowest BCUT2D eigenvalue weighted by molar-refractivity contribution is 0.0480. The van der Waals surface area contributed by atoms with E-state index in [1.807, 2.05) is 0 Å². The molecule has 3 nitrogen and oxygen atoms in total. The zero-order chi connectivity index (χ0) is 10.8. The number of pyridine rings is 1. The predicted octanol–water partition coefficient (Wildman–Crippen LogP) is 2.03. The van der Waals surface area contributed by atoms with Gasteiger partial charge in [0.1, 0.15) is 0 Å². The highest BCUT2D eigenvalue weighted by Crippen LogP contribution is 2.37. The molecule has 1 aromatic rings. The van der Waals surface area contributed by atoms with Crippen LogP contribution in [0.2, 0.25) is 0 Å². The third-order valence-corrected chi connectivity index (χ3v) is 2.67. The minimum Gasteiger partial charge on any atom is -0.462 e. The van der Waals surface area contributed by atoms with Gasteiger partial charge < -0.3 is 4.74 Å². The highest BCUT2D eigenvalue weighted by molar-refractivity contribution is 5.89. The topological polar surface area (TPSA) is 39.2 Å². The van der Waals surface area contributed by atoms with Gasteiger partial charge in [0.2, 0.25) is 5.95 Å². The van der Waals surface area contributed by atoms with Crippen molar-refractivity contribution in [2.75, 3.05) is 6.61 Å². The van der Waals surface area contributed by atoms with Gasteiger partial charge in [0.15, 0.2) is 0 Å². The maximum Gasteiger partial charge on any atom is 0.338 e. The summed E-state index contributed by atoms with van der Waals surface area (Å²) in [5, 5.41) is 0. The van der Waals surface area contributed by atoms with Crippen LogP contribution in [0.3, 0.4) is 0 Å². The van der Waals surface area contributed by atoms with Crippen molar-refractivity contribution in [1.29, 1.82) is 0 Å². The van der Waals surface area contributed by atoms with Crippen molar-refractivity contribution in [2.45, 2.75) is 13.3 Å². The number of hydrogen-bond donors (Lipinski definition) is 0. The summed E-state index contributed by atoms with van der Waals surface area (Å²) in [5.74, 6) is -0.00718. The molecule has 0 amide bonds. The summed E-state index contributed by atoms with van der Waals surface area (Å²) in [7, 11) is 0. The Kier molecular flexibility index (Phi) is 2.66. The molecule has 0 aliphatic heterocycles. The number of ether oxygens (including phenoxy) is 1. The van der Waals surface area contributed by atoms with Crippen LogP contribution in [0.5, 0.6) is 0 Å². The van der Waals surface area contributed by atoms with Gasteiger partial charge in [-0.05, 0) is 24.3 Å². The molecule has 0 radical (unpaired) electrons. The molecule has 0 aromatic carbocycles. The summed E-state index contributed by atoms with van der Waals surface area (Å²) in [6.07, 6.45) is 2.36. The lowest BCUT2D eigenvalue weighted by Gasteiger charge is -2.03. The standard InChI is InChI=1S/C11H12FNO2/c1-7-4-9(7)6-15-11(14)8-2-3-13-10(12)5-8/h2-3,5,7,9H,4,6H2,1H3/t7-,9+/m0/s1. The second-order valence-corrected chi connectivity index (χ2v) is 3.94. The number of rotatable bonds is 3. The van der Waals surface area contributed by atoms with Crippen molar-refractivity contribution >= 4 is 5.97 Å². The molecule has 1 aliphatic carbocycles. The molecule has 4 heteroatoms. The monoisotopic (exact) mass is 209 g/mol. The van der Waals surface area contributed by atoms with Crippen molar-refractivity contribution < 1.29 is 13.9 Å². The number of esters is 1. The van der Waals surface area contributed by atoms with Crippen LogP contribution in [0, 0.1) is 17.8 Å². The fraction of sp³-hybridized carbons (Fsp3) is 0.455. The third kappa shape index (κ3) is 2.52. The van der Waals surface area contributed by atoms with E-state index < -0.39 is 11.9 Å². The van der Waals surface area contributed by atoms with Crippen LogP contribution in [-0.2, 0) is 4.74 Å². The SMILES string of the molecule is C[C@H]1C[C@@H]1COC(=O)c1ccnc(F)c1. The molecule has 2 rings (SSSR count). The molecule has 0 unspecified atom stereocenters. The quantitative estimate of drug-likeness (QED) is 0.564. The molecule has 2 atom stereocenters. The molecule has 0 spiro atoms. The van der Waals surface area contributed by atoms with Crippen molar-refractivity contribution in [3.63, 3.8) is 0 Å². The van der Waals surface area contributed by atoms with Crippen LogP contribution in [0.4, 0.5) is 4.39 Å². The molecule has 1 saturated carbocycles. The van der Waals surface area contributed by atoms with Crippen LogP contribution in [0.25, 0.3) is 0 Å². The number of nitrogens with zero attached hydrogens (tertiary/aromatic N) is 1. The van der Waals surface area contributed by atoms with Gasteiger partial charge in [-0.1, -0.05) is 6.92 Å².